The van der Waals surface area contributed by atoms with Crippen molar-refractivity contribution in [2.24, 2.45) is 0 Å². The number of nitro groups is 1. The van der Waals surface area contributed by atoms with Crippen LogP contribution in [-0.2, 0) is 0 Å². The molecule has 2 aliphatic carbocycles. The molecule has 0 N–H and O–H groups in total. The summed E-state index contributed by atoms with van der Waals surface area (Å²) in [6, 6.07) is 5.09. The smallest absolute Gasteiger partial charge is 0.258 e. The molecular formula is C14H11NO2. The van der Waals surface area contributed by atoms with Gasteiger partial charge in [0.05, 0.1) is 4.92 Å². The zero-order valence-electron chi connectivity index (χ0n) is 9.65. The molecule has 0 aromatic heterocycles. The van der Waals surface area contributed by atoms with Gasteiger partial charge in [0.2, 0.25) is 0 Å². The molecule has 3 heteroatoms. The monoisotopic (exact) mass is 225 g/mol. The maximum atomic E-state index is 10.8. The molecule has 0 heterocycles. The van der Waals surface area contributed by atoms with Crippen molar-refractivity contribution in [2.45, 2.75) is 13.8 Å². The third-order valence-corrected chi connectivity index (χ3v) is 3.25. The van der Waals surface area contributed by atoms with Crippen molar-refractivity contribution in [3.05, 3.63) is 62.0 Å². The van der Waals surface area contributed by atoms with E-state index in [1.54, 1.807) is 12.1 Å². The molecule has 3 nitrogen and oxygen atoms in total. The Morgan fingerprint density at radius 2 is 1.76 bits per heavy atom. The minimum Gasteiger partial charge on any atom is -0.258 e. The number of nitro benzene ring substituents is 1. The van der Waals surface area contributed by atoms with Crippen LogP contribution in [0.25, 0.3) is 11.1 Å². The van der Waals surface area contributed by atoms with Gasteiger partial charge in [0.15, 0.2) is 0 Å². The molecule has 2 aliphatic rings. The van der Waals surface area contributed by atoms with Gasteiger partial charge in [0.25, 0.3) is 5.69 Å². The minimum atomic E-state index is -0.344. The lowest BCUT2D eigenvalue weighted by atomic mass is 10.0. The average Bonchev–Trinajstić information content (AvgIpc) is 2.84. The summed E-state index contributed by atoms with van der Waals surface area (Å²) in [5.41, 5.74) is 4.97. The van der Waals surface area contributed by atoms with Crippen LogP contribution in [-0.4, -0.2) is 4.92 Å². The fourth-order valence-corrected chi connectivity index (χ4v) is 2.57. The molecule has 0 fully saturated rings. The van der Waals surface area contributed by atoms with E-state index < -0.39 is 0 Å². The number of hydrogen-bond acceptors (Lipinski definition) is 2. The second-order valence-electron chi connectivity index (χ2n) is 4.52. The van der Waals surface area contributed by atoms with Crippen LogP contribution in [0.4, 0.5) is 5.69 Å². The number of nitrogens with zero attached hydrogens (tertiary/aromatic N) is 1. The maximum Gasteiger partial charge on any atom is 0.270 e. The fraction of sp³-hybridized carbons (Fsp3) is 0.143. The Hall–Kier alpha value is -2.16. The van der Waals surface area contributed by atoms with E-state index in [0.717, 1.165) is 16.0 Å². The summed E-state index contributed by atoms with van der Waals surface area (Å²) in [6.07, 6.45) is 4.13. The average molecular weight is 225 g/mol. The molecule has 3 rings (SSSR count). The van der Waals surface area contributed by atoms with Crippen LogP contribution in [0, 0.1) is 10.1 Å². The molecule has 1 aromatic carbocycles. The second kappa shape index (κ2) is 3.17. The first-order valence-electron chi connectivity index (χ1n) is 5.49. The molecule has 0 spiro atoms. The van der Waals surface area contributed by atoms with Gasteiger partial charge in [-0.25, -0.2) is 0 Å². The molecule has 0 radical (unpaired) electrons. The van der Waals surface area contributed by atoms with Gasteiger partial charge in [-0.15, -0.1) is 0 Å². The first-order chi connectivity index (χ1) is 8.09. The quantitative estimate of drug-likeness (QED) is 0.540. The number of rotatable bonds is 1. The van der Waals surface area contributed by atoms with Crippen molar-refractivity contribution in [2.75, 3.05) is 0 Å². The second-order valence-corrected chi connectivity index (χ2v) is 4.52. The lowest BCUT2D eigenvalue weighted by Gasteiger charge is -1.99. The SMILES string of the molecule is CC(C)=C1C2=c3ccc([N+](=O)[O-])cc3=C1C=C2. The van der Waals surface area contributed by atoms with E-state index in [1.807, 2.05) is 12.1 Å². The van der Waals surface area contributed by atoms with E-state index in [-0.39, 0.29) is 10.6 Å². The van der Waals surface area contributed by atoms with Gasteiger partial charge in [0.1, 0.15) is 0 Å². The summed E-state index contributed by atoms with van der Waals surface area (Å²) in [4.78, 5) is 10.4. The topological polar surface area (TPSA) is 43.1 Å². The molecular weight excluding hydrogens is 214 g/mol. The van der Waals surface area contributed by atoms with Gasteiger partial charge in [-0.2, -0.15) is 0 Å². The van der Waals surface area contributed by atoms with E-state index in [9.17, 15) is 10.1 Å². The summed E-state index contributed by atoms with van der Waals surface area (Å²) < 4.78 is 0. The number of non-ortho nitro benzene ring substituents is 1. The van der Waals surface area contributed by atoms with Gasteiger partial charge >= 0.3 is 0 Å². The van der Waals surface area contributed by atoms with Crippen LogP contribution in [0.3, 0.4) is 0 Å². The Morgan fingerprint density at radius 3 is 2.35 bits per heavy atom. The van der Waals surface area contributed by atoms with Crippen molar-refractivity contribution in [3.63, 3.8) is 0 Å². The van der Waals surface area contributed by atoms with Crippen molar-refractivity contribution in [3.8, 4) is 0 Å². The standard InChI is InChI=1S/C14H11NO2/c1-8(2)14-11-5-6-12(14)13-7-9(15(16)17)3-4-10(11)13/h3-7H,1-2H3. The Balaban J connectivity index is 2.44. The predicted octanol–water partition coefficient (Wildman–Crippen LogP) is 1.82. The van der Waals surface area contributed by atoms with Crippen molar-refractivity contribution in [1.82, 2.24) is 0 Å². The van der Waals surface area contributed by atoms with Gasteiger partial charge < -0.3 is 0 Å². The van der Waals surface area contributed by atoms with E-state index in [2.05, 4.69) is 19.9 Å². The Labute approximate surface area is 98.2 Å². The van der Waals surface area contributed by atoms with Gasteiger partial charge in [-0.3, -0.25) is 10.1 Å². The largest absolute Gasteiger partial charge is 0.270 e. The Morgan fingerprint density at radius 1 is 1.12 bits per heavy atom. The van der Waals surface area contributed by atoms with Gasteiger partial charge in [-0.1, -0.05) is 17.7 Å². The zero-order chi connectivity index (χ0) is 12.2. The molecule has 0 aliphatic heterocycles. The summed E-state index contributed by atoms with van der Waals surface area (Å²) in [5, 5.41) is 12.9. The highest BCUT2D eigenvalue weighted by atomic mass is 16.6. The molecule has 1 aromatic rings. The molecule has 2 bridgehead atoms. The zero-order valence-corrected chi connectivity index (χ0v) is 9.65. The van der Waals surface area contributed by atoms with E-state index >= 15 is 0 Å². The summed E-state index contributed by atoms with van der Waals surface area (Å²) in [6.45, 7) is 4.14. The molecule has 0 amide bonds. The summed E-state index contributed by atoms with van der Waals surface area (Å²) in [7, 11) is 0. The summed E-state index contributed by atoms with van der Waals surface area (Å²) in [5.74, 6) is 0. The normalized spacial score (nSPS) is 15.5. The van der Waals surface area contributed by atoms with Gasteiger partial charge in [0, 0.05) is 12.1 Å². The van der Waals surface area contributed by atoms with E-state index in [1.165, 1.54) is 16.7 Å². The van der Waals surface area contributed by atoms with Crippen molar-refractivity contribution < 1.29 is 4.92 Å². The number of allylic oxidation sites excluding steroid dienone is 4. The first kappa shape index (κ1) is 10.0. The van der Waals surface area contributed by atoms with Crippen molar-refractivity contribution in [1.29, 1.82) is 0 Å². The van der Waals surface area contributed by atoms with Crippen LogP contribution >= 0.6 is 0 Å². The highest BCUT2D eigenvalue weighted by Crippen LogP contribution is 2.34. The lowest BCUT2D eigenvalue weighted by molar-refractivity contribution is -0.385. The fourth-order valence-electron chi connectivity index (χ4n) is 2.57. The highest BCUT2D eigenvalue weighted by molar-refractivity contribution is 6.03. The summed E-state index contributed by atoms with van der Waals surface area (Å²) >= 11 is 0. The van der Waals surface area contributed by atoms with Gasteiger partial charge in [-0.05, 0) is 47.1 Å². The molecule has 0 saturated carbocycles. The van der Waals surface area contributed by atoms with Crippen LogP contribution in [0.5, 0.6) is 0 Å². The molecule has 84 valence electrons. The number of fused-ring (bicyclic) bond motifs is 3. The van der Waals surface area contributed by atoms with E-state index in [4.69, 9.17) is 0 Å². The predicted molar refractivity (Wildman–Crippen MR) is 66.7 cm³/mol. The minimum absolute atomic E-state index is 0.158. The van der Waals surface area contributed by atoms with Crippen LogP contribution < -0.4 is 10.4 Å². The number of benzene rings is 1. The molecule has 0 unspecified atom stereocenters. The lowest BCUT2D eigenvalue weighted by Crippen LogP contribution is -2.25. The van der Waals surface area contributed by atoms with Crippen LogP contribution in [0.1, 0.15) is 13.8 Å². The number of hydrogen-bond donors (Lipinski definition) is 0. The Kier molecular flexibility index (Phi) is 1.87. The third-order valence-electron chi connectivity index (χ3n) is 3.25. The van der Waals surface area contributed by atoms with Crippen molar-refractivity contribution >= 4 is 16.8 Å². The molecule has 0 saturated heterocycles. The third kappa shape index (κ3) is 1.22. The maximum absolute atomic E-state index is 10.8. The van der Waals surface area contributed by atoms with Crippen LogP contribution in [0.2, 0.25) is 0 Å². The molecule has 0 atom stereocenters. The Bertz CT molecular complexity index is 732. The van der Waals surface area contributed by atoms with Crippen LogP contribution in [0.15, 0.2) is 41.5 Å². The highest BCUT2D eigenvalue weighted by Gasteiger charge is 2.23. The van der Waals surface area contributed by atoms with E-state index in [0.29, 0.717) is 0 Å². The molecule has 17 heavy (non-hydrogen) atoms. The first-order valence-corrected chi connectivity index (χ1v) is 5.49.